The van der Waals surface area contributed by atoms with Gasteiger partial charge in [-0.1, -0.05) is 0 Å². The number of carboxylic acids is 1. The van der Waals surface area contributed by atoms with Crippen molar-refractivity contribution in [3.05, 3.63) is 0 Å². The maximum Gasteiger partial charge on any atom is 0.308 e. The zero-order chi connectivity index (χ0) is 10.6. The summed E-state index contributed by atoms with van der Waals surface area (Å²) < 4.78 is 18.8. The van der Waals surface area contributed by atoms with Gasteiger partial charge in [-0.25, -0.2) is 13.6 Å². The number of hydrogen-bond donors (Lipinski definition) is 2. The van der Waals surface area contributed by atoms with Gasteiger partial charge in [-0.05, 0) is 20.8 Å². The van der Waals surface area contributed by atoms with Gasteiger partial charge >= 0.3 is 5.97 Å². The molecule has 0 unspecified atom stereocenters. The quantitative estimate of drug-likeness (QED) is 0.572. The van der Waals surface area contributed by atoms with Gasteiger partial charge in [-0.2, -0.15) is 0 Å². The van der Waals surface area contributed by atoms with E-state index in [0.29, 0.717) is 0 Å². The average Bonchev–Trinajstić information content (AvgIpc) is 1.55. The van der Waals surface area contributed by atoms with Crippen LogP contribution in [0.15, 0.2) is 0 Å². The number of nitrogens with two attached hydrogens (primary N) is 1. The highest BCUT2D eigenvalue weighted by Crippen LogP contribution is 2.11. The highest BCUT2D eigenvalue weighted by atomic mass is 32.2. The van der Waals surface area contributed by atoms with E-state index in [-0.39, 0.29) is 0 Å². The van der Waals surface area contributed by atoms with E-state index in [0.717, 1.165) is 6.26 Å². The Morgan fingerprint density at radius 2 is 1.42 bits per heavy atom. The number of carboxylic acid groups (broad SMARTS) is 1. The van der Waals surface area contributed by atoms with Gasteiger partial charge in [0, 0.05) is 0 Å². The number of hydrogen-bond acceptors (Lipinski definition) is 3. The molecule has 0 aromatic rings. The van der Waals surface area contributed by atoms with Crippen molar-refractivity contribution < 1.29 is 18.3 Å². The Balaban J connectivity index is 0. The van der Waals surface area contributed by atoms with E-state index in [1.807, 2.05) is 0 Å². The largest absolute Gasteiger partial charge is 0.481 e. The summed E-state index contributed by atoms with van der Waals surface area (Å²) in [5.41, 5.74) is -0.583. The first-order chi connectivity index (χ1) is 4.94. The van der Waals surface area contributed by atoms with Crippen LogP contribution in [0, 0.1) is 5.41 Å². The lowest BCUT2D eigenvalue weighted by Gasteiger charge is -2.08. The molecule has 0 aliphatic heterocycles. The number of rotatable bonds is 0. The molecule has 0 aromatic carbocycles. The van der Waals surface area contributed by atoms with Crippen LogP contribution >= 0.6 is 0 Å². The van der Waals surface area contributed by atoms with Gasteiger partial charge < -0.3 is 5.11 Å². The lowest BCUT2D eigenvalue weighted by molar-refractivity contribution is -0.145. The second-order valence-electron chi connectivity index (χ2n) is 3.38. The molecule has 0 saturated heterocycles. The van der Waals surface area contributed by atoms with Gasteiger partial charge in [-0.3, -0.25) is 4.79 Å². The molecule has 0 aliphatic rings. The summed E-state index contributed by atoms with van der Waals surface area (Å²) in [6.45, 7) is 4.99. The van der Waals surface area contributed by atoms with Crippen molar-refractivity contribution in [2.24, 2.45) is 10.6 Å². The van der Waals surface area contributed by atoms with Crippen molar-refractivity contribution in [2.45, 2.75) is 20.8 Å². The van der Waals surface area contributed by atoms with Crippen LogP contribution in [0.1, 0.15) is 20.8 Å². The third-order valence-electron chi connectivity index (χ3n) is 0.642. The lowest BCUT2D eigenvalue weighted by atomic mass is 9.98. The van der Waals surface area contributed by atoms with Crippen molar-refractivity contribution in [1.29, 1.82) is 0 Å². The van der Waals surface area contributed by atoms with Gasteiger partial charge in [0.2, 0.25) is 10.0 Å². The van der Waals surface area contributed by atoms with E-state index >= 15 is 0 Å². The molecule has 0 rings (SSSR count). The highest BCUT2D eigenvalue weighted by molar-refractivity contribution is 7.88. The fraction of sp³-hybridized carbons (Fsp3) is 0.833. The van der Waals surface area contributed by atoms with Crippen molar-refractivity contribution in [2.75, 3.05) is 6.26 Å². The van der Waals surface area contributed by atoms with Gasteiger partial charge in [0.15, 0.2) is 0 Å². The normalized spacial score (nSPS) is 11.4. The Kier molecular flexibility index (Phi) is 5.13. The molecule has 0 amide bonds. The van der Waals surface area contributed by atoms with Crippen LogP contribution in [0.3, 0.4) is 0 Å². The molecule has 0 heterocycles. The van der Waals surface area contributed by atoms with Crippen molar-refractivity contribution in [3.8, 4) is 0 Å². The smallest absolute Gasteiger partial charge is 0.308 e. The minimum Gasteiger partial charge on any atom is -0.481 e. The van der Waals surface area contributed by atoms with E-state index in [4.69, 9.17) is 5.11 Å². The first kappa shape index (κ1) is 13.9. The topological polar surface area (TPSA) is 97.5 Å². The zero-order valence-corrected chi connectivity index (χ0v) is 8.47. The van der Waals surface area contributed by atoms with Gasteiger partial charge in [0.25, 0.3) is 0 Å². The summed E-state index contributed by atoms with van der Waals surface area (Å²) in [6, 6.07) is 0. The molecule has 0 atom stereocenters. The molecular weight excluding hydrogens is 182 g/mol. The maximum absolute atomic E-state index is 10.0. The van der Waals surface area contributed by atoms with Crippen LogP contribution in [-0.4, -0.2) is 25.7 Å². The number of carbonyl (C=O) groups is 1. The summed E-state index contributed by atoms with van der Waals surface area (Å²) >= 11 is 0. The summed E-state index contributed by atoms with van der Waals surface area (Å²) in [7, 11) is -3.17. The second kappa shape index (κ2) is 4.42. The third-order valence-corrected chi connectivity index (χ3v) is 0.642. The molecule has 0 aromatic heterocycles. The molecule has 0 spiro atoms. The van der Waals surface area contributed by atoms with Crippen LogP contribution < -0.4 is 5.14 Å². The van der Waals surface area contributed by atoms with Gasteiger partial charge in [0.05, 0.1) is 11.7 Å². The van der Waals surface area contributed by atoms with E-state index in [9.17, 15) is 13.2 Å². The summed E-state index contributed by atoms with van der Waals surface area (Å²) in [4.78, 5) is 10.0. The summed E-state index contributed by atoms with van der Waals surface area (Å²) in [5, 5.41) is 12.6. The van der Waals surface area contributed by atoms with E-state index in [1.165, 1.54) is 0 Å². The van der Waals surface area contributed by atoms with Gasteiger partial charge in [0.1, 0.15) is 0 Å². The molecule has 3 N–H and O–H groups in total. The Bertz CT molecular complexity index is 229. The Morgan fingerprint density at radius 1 is 1.33 bits per heavy atom. The van der Waals surface area contributed by atoms with Crippen LogP contribution in [0.2, 0.25) is 0 Å². The molecule has 0 bridgehead atoms. The summed E-state index contributed by atoms with van der Waals surface area (Å²) in [6.07, 6.45) is 0.938. The minimum atomic E-state index is -3.17. The predicted molar refractivity (Wildman–Crippen MR) is 46.1 cm³/mol. The number of primary sulfonamides is 1. The fourth-order valence-electron chi connectivity index (χ4n) is 0. The summed E-state index contributed by atoms with van der Waals surface area (Å²) in [5.74, 6) is -0.757. The highest BCUT2D eigenvalue weighted by Gasteiger charge is 2.18. The molecule has 0 aliphatic carbocycles. The molecule has 74 valence electrons. The van der Waals surface area contributed by atoms with Crippen LogP contribution in [-0.2, 0) is 14.8 Å². The second-order valence-corrected chi connectivity index (χ2v) is 5.04. The minimum absolute atomic E-state index is 0.583. The Hall–Kier alpha value is -0.620. The standard InChI is InChI=1S/C5H10O2.CH5NO2S/c1-5(2,3)4(6)7;1-5(2,3)4/h1-3H3,(H,6,7);1H3,(H2,2,3,4). The first-order valence-corrected chi connectivity index (χ1v) is 5.11. The molecule has 12 heavy (non-hydrogen) atoms. The first-order valence-electron chi connectivity index (χ1n) is 3.16. The third kappa shape index (κ3) is 22.8. The monoisotopic (exact) mass is 197 g/mol. The van der Waals surface area contributed by atoms with E-state index in [2.05, 4.69) is 5.14 Å². The van der Waals surface area contributed by atoms with Gasteiger partial charge in [-0.15, -0.1) is 0 Å². The molecular formula is C6H15NO4S. The van der Waals surface area contributed by atoms with Crippen molar-refractivity contribution >= 4 is 16.0 Å². The zero-order valence-electron chi connectivity index (χ0n) is 7.66. The predicted octanol–water partition coefficient (Wildman–Crippen LogP) is 0.0218. The lowest BCUT2D eigenvalue weighted by Crippen LogP contribution is -2.18. The number of sulfonamides is 1. The molecule has 0 radical (unpaired) electrons. The SMILES string of the molecule is CC(C)(C)C(=O)O.CS(N)(=O)=O. The Labute approximate surface area is 72.6 Å². The fourth-order valence-corrected chi connectivity index (χ4v) is 0. The molecule has 0 fully saturated rings. The number of aliphatic carboxylic acids is 1. The Morgan fingerprint density at radius 3 is 1.42 bits per heavy atom. The van der Waals surface area contributed by atoms with Crippen molar-refractivity contribution in [1.82, 2.24) is 0 Å². The molecule has 0 saturated carbocycles. The van der Waals surface area contributed by atoms with Crippen molar-refractivity contribution in [3.63, 3.8) is 0 Å². The average molecular weight is 197 g/mol. The van der Waals surface area contributed by atoms with E-state index < -0.39 is 21.4 Å². The van der Waals surface area contributed by atoms with Crippen LogP contribution in [0.4, 0.5) is 0 Å². The van der Waals surface area contributed by atoms with Crippen LogP contribution in [0.5, 0.6) is 0 Å². The maximum atomic E-state index is 10.0. The molecule has 5 nitrogen and oxygen atoms in total. The molecule has 6 heteroatoms. The van der Waals surface area contributed by atoms with Crippen LogP contribution in [0.25, 0.3) is 0 Å². The van der Waals surface area contributed by atoms with E-state index in [1.54, 1.807) is 20.8 Å².